The zero-order valence-electron chi connectivity index (χ0n) is 11.9. The number of rotatable bonds is 5. The summed E-state index contributed by atoms with van der Waals surface area (Å²) in [5.74, 6) is -0.456. The van der Waals surface area contributed by atoms with Crippen LogP contribution in [0.25, 0.3) is 0 Å². The minimum Gasteiger partial charge on any atom is -0.394 e. The second kappa shape index (κ2) is 6.87. The normalized spacial score (nSPS) is 18.4. The monoisotopic (exact) mass is 332 g/mol. The number of aliphatic hydroxyl groups excluding tert-OH is 1. The third-order valence-electron chi connectivity index (χ3n) is 3.42. The molecular weight excluding hydrogens is 312 g/mol. The molecule has 0 aromatic carbocycles. The number of sulfonamides is 1. The van der Waals surface area contributed by atoms with Crippen LogP contribution in [0.3, 0.4) is 0 Å². The van der Waals surface area contributed by atoms with Gasteiger partial charge in [-0.15, -0.1) is 11.3 Å². The van der Waals surface area contributed by atoms with Crippen LogP contribution in [0.5, 0.6) is 0 Å². The molecule has 1 fully saturated rings. The number of carbonyl (C=O) groups excluding carboxylic acids is 1. The van der Waals surface area contributed by atoms with Gasteiger partial charge in [-0.05, 0) is 31.2 Å². The summed E-state index contributed by atoms with van der Waals surface area (Å²) in [5, 5.41) is 13.2. The molecule has 1 atom stereocenters. The molecule has 0 bridgehead atoms. The quantitative estimate of drug-likeness (QED) is 0.843. The van der Waals surface area contributed by atoms with E-state index in [0.29, 0.717) is 13.1 Å². The SMILES string of the molecule is CC(CO)NC(=O)c1sccc1S(=O)(=O)N1CCCCC1. The van der Waals surface area contributed by atoms with E-state index in [1.807, 2.05) is 0 Å². The van der Waals surface area contributed by atoms with Crippen molar-refractivity contribution in [2.45, 2.75) is 37.1 Å². The predicted octanol–water partition coefficient (Wildman–Crippen LogP) is 1.03. The Morgan fingerprint density at radius 3 is 2.71 bits per heavy atom. The van der Waals surface area contributed by atoms with Crippen molar-refractivity contribution >= 4 is 27.3 Å². The molecule has 1 unspecified atom stereocenters. The Morgan fingerprint density at radius 1 is 1.43 bits per heavy atom. The average molecular weight is 332 g/mol. The van der Waals surface area contributed by atoms with Crippen LogP contribution in [0.2, 0.25) is 0 Å². The summed E-state index contributed by atoms with van der Waals surface area (Å²) in [6, 6.07) is 1.07. The van der Waals surface area contributed by atoms with E-state index >= 15 is 0 Å². The summed E-state index contributed by atoms with van der Waals surface area (Å²) in [4.78, 5) is 12.4. The molecular formula is C13H20N2O4S2. The van der Waals surface area contributed by atoms with Crippen molar-refractivity contribution < 1.29 is 18.3 Å². The summed E-state index contributed by atoms with van der Waals surface area (Å²) in [6.45, 7) is 2.48. The largest absolute Gasteiger partial charge is 0.394 e. The number of hydrogen-bond donors (Lipinski definition) is 2. The maximum Gasteiger partial charge on any atom is 0.263 e. The first-order valence-electron chi connectivity index (χ1n) is 6.96. The number of nitrogens with zero attached hydrogens (tertiary/aromatic N) is 1. The molecule has 1 aromatic rings. The molecule has 1 saturated heterocycles. The van der Waals surface area contributed by atoms with Crippen LogP contribution in [0.1, 0.15) is 35.9 Å². The molecule has 21 heavy (non-hydrogen) atoms. The van der Waals surface area contributed by atoms with E-state index in [1.165, 1.54) is 10.4 Å². The molecule has 1 aliphatic heterocycles. The maximum atomic E-state index is 12.6. The lowest BCUT2D eigenvalue weighted by Gasteiger charge is -2.25. The van der Waals surface area contributed by atoms with Gasteiger partial charge in [-0.1, -0.05) is 6.42 Å². The molecule has 0 radical (unpaired) electrons. The number of piperidine rings is 1. The predicted molar refractivity (Wildman–Crippen MR) is 80.9 cm³/mol. The van der Waals surface area contributed by atoms with Gasteiger partial charge in [0.15, 0.2) is 0 Å². The highest BCUT2D eigenvalue weighted by molar-refractivity contribution is 7.89. The lowest BCUT2D eigenvalue weighted by Crippen LogP contribution is -2.38. The van der Waals surface area contributed by atoms with Crippen molar-refractivity contribution in [2.24, 2.45) is 0 Å². The molecule has 6 nitrogen and oxygen atoms in total. The van der Waals surface area contributed by atoms with E-state index < -0.39 is 22.0 Å². The second-order valence-electron chi connectivity index (χ2n) is 5.14. The van der Waals surface area contributed by atoms with E-state index in [1.54, 1.807) is 12.3 Å². The molecule has 2 heterocycles. The maximum absolute atomic E-state index is 12.6. The molecule has 118 valence electrons. The molecule has 0 aliphatic carbocycles. The summed E-state index contributed by atoms with van der Waals surface area (Å²) < 4.78 is 26.7. The standard InChI is InChI=1S/C13H20N2O4S2/c1-10(9-16)14-13(17)12-11(5-8-20-12)21(18,19)15-6-3-2-4-7-15/h5,8,10,16H,2-4,6-7,9H2,1H3,(H,14,17). The summed E-state index contributed by atoms with van der Waals surface area (Å²) >= 11 is 1.10. The lowest BCUT2D eigenvalue weighted by atomic mass is 10.2. The molecule has 8 heteroatoms. The molecule has 0 spiro atoms. The molecule has 2 rings (SSSR count). The number of hydrogen-bond acceptors (Lipinski definition) is 5. The molecule has 1 aromatic heterocycles. The van der Waals surface area contributed by atoms with Crippen LogP contribution in [0.4, 0.5) is 0 Å². The van der Waals surface area contributed by atoms with Crippen LogP contribution < -0.4 is 5.32 Å². The van der Waals surface area contributed by atoms with Gasteiger partial charge in [-0.3, -0.25) is 4.79 Å². The first-order chi connectivity index (χ1) is 9.96. The molecule has 0 saturated carbocycles. The highest BCUT2D eigenvalue weighted by atomic mass is 32.2. The third-order valence-corrected chi connectivity index (χ3v) is 6.40. The Labute approximate surface area is 128 Å². The second-order valence-corrected chi connectivity index (χ2v) is 7.96. The average Bonchev–Trinajstić information content (AvgIpc) is 2.98. The molecule has 2 N–H and O–H groups in total. The van der Waals surface area contributed by atoms with Gasteiger partial charge < -0.3 is 10.4 Å². The van der Waals surface area contributed by atoms with Gasteiger partial charge in [-0.25, -0.2) is 8.42 Å². The fraction of sp³-hybridized carbons (Fsp3) is 0.615. The van der Waals surface area contributed by atoms with Gasteiger partial charge in [0.25, 0.3) is 5.91 Å². The van der Waals surface area contributed by atoms with Gasteiger partial charge in [0, 0.05) is 19.1 Å². The fourth-order valence-corrected chi connectivity index (χ4v) is 5.07. The van der Waals surface area contributed by atoms with E-state index in [2.05, 4.69) is 5.32 Å². The van der Waals surface area contributed by atoms with Crippen molar-refractivity contribution in [1.29, 1.82) is 0 Å². The first-order valence-corrected chi connectivity index (χ1v) is 9.28. The van der Waals surface area contributed by atoms with Gasteiger partial charge in [0.2, 0.25) is 10.0 Å². The number of nitrogens with one attached hydrogen (secondary N) is 1. The first kappa shape index (κ1) is 16.4. The van der Waals surface area contributed by atoms with E-state index in [-0.39, 0.29) is 16.4 Å². The minimum absolute atomic E-state index is 0.0667. The summed E-state index contributed by atoms with van der Waals surface area (Å²) in [5.41, 5.74) is 0. The lowest BCUT2D eigenvalue weighted by molar-refractivity contribution is 0.0923. The van der Waals surface area contributed by atoms with Crippen LogP contribution in [0, 0.1) is 0 Å². The molecule has 1 amide bonds. The van der Waals surface area contributed by atoms with Gasteiger partial charge in [0.05, 0.1) is 6.61 Å². The zero-order valence-corrected chi connectivity index (χ0v) is 13.5. The number of amides is 1. The Hall–Kier alpha value is -0.960. The Kier molecular flexibility index (Phi) is 5.37. The summed E-state index contributed by atoms with van der Waals surface area (Å²) in [7, 11) is -3.62. The van der Waals surface area contributed by atoms with Crippen LogP contribution >= 0.6 is 11.3 Å². The van der Waals surface area contributed by atoms with Crippen LogP contribution in [-0.2, 0) is 10.0 Å². The Balaban J connectivity index is 2.24. The van der Waals surface area contributed by atoms with Crippen LogP contribution in [-0.4, -0.2) is 49.5 Å². The number of thiophene rings is 1. The van der Waals surface area contributed by atoms with E-state index in [9.17, 15) is 13.2 Å². The minimum atomic E-state index is -3.62. The number of carbonyl (C=O) groups is 1. The van der Waals surface area contributed by atoms with Crippen molar-refractivity contribution in [2.75, 3.05) is 19.7 Å². The summed E-state index contributed by atoms with van der Waals surface area (Å²) in [6.07, 6.45) is 2.75. The van der Waals surface area contributed by atoms with Crippen LogP contribution in [0.15, 0.2) is 16.3 Å². The highest BCUT2D eigenvalue weighted by Gasteiger charge is 2.31. The van der Waals surface area contributed by atoms with Crippen molar-refractivity contribution in [3.63, 3.8) is 0 Å². The Bertz CT molecular complexity index is 591. The third kappa shape index (κ3) is 3.63. The molecule has 1 aliphatic rings. The van der Waals surface area contributed by atoms with Crippen molar-refractivity contribution in [3.05, 3.63) is 16.3 Å². The topological polar surface area (TPSA) is 86.7 Å². The van der Waals surface area contributed by atoms with Crippen molar-refractivity contribution in [3.8, 4) is 0 Å². The highest BCUT2D eigenvalue weighted by Crippen LogP contribution is 2.27. The van der Waals surface area contributed by atoms with Gasteiger partial charge >= 0.3 is 0 Å². The van der Waals surface area contributed by atoms with Crippen molar-refractivity contribution in [1.82, 2.24) is 9.62 Å². The van der Waals surface area contributed by atoms with E-state index in [4.69, 9.17) is 5.11 Å². The zero-order chi connectivity index (χ0) is 15.5. The fourth-order valence-electron chi connectivity index (χ4n) is 2.25. The number of aliphatic hydroxyl groups is 1. The van der Waals surface area contributed by atoms with Gasteiger partial charge in [-0.2, -0.15) is 4.31 Å². The van der Waals surface area contributed by atoms with E-state index in [0.717, 1.165) is 30.6 Å². The Morgan fingerprint density at radius 2 is 2.10 bits per heavy atom. The smallest absolute Gasteiger partial charge is 0.263 e. The van der Waals surface area contributed by atoms with Gasteiger partial charge in [0.1, 0.15) is 9.77 Å².